The first-order valence-corrected chi connectivity index (χ1v) is 15.2. The predicted molar refractivity (Wildman–Crippen MR) is 180 cm³/mol. The number of nitrogen functional groups attached to an aromatic ring is 1. The second-order valence-electron chi connectivity index (χ2n) is 8.03. The summed E-state index contributed by atoms with van der Waals surface area (Å²) in [6.45, 7) is 0. The fourth-order valence-electron chi connectivity index (χ4n) is 3.04. The molecule has 9 N–H and O–H groups in total. The number of carboxylic acids is 2. The van der Waals surface area contributed by atoms with Gasteiger partial charge in [0.15, 0.2) is 11.5 Å². The number of nitrogens with two attached hydrogens (primary N) is 3. The number of carboxylic acid groups (broad SMARTS) is 2. The van der Waals surface area contributed by atoms with Crippen molar-refractivity contribution in [3.05, 3.63) is 73.9 Å². The molecule has 0 aliphatic heterocycles. The molecule has 3 rings (SSSR count). The number of carbonyl (C=O) groups excluding carboxylic acids is 1. The molecule has 0 aliphatic rings. The molecule has 0 fully saturated rings. The highest BCUT2D eigenvalue weighted by molar-refractivity contribution is 14.1. The second-order valence-corrected chi connectivity index (χ2v) is 12.7. The topological polar surface area (TPSA) is 199 Å². The van der Waals surface area contributed by atoms with Crippen LogP contribution in [0.2, 0.25) is 0 Å². The van der Waals surface area contributed by atoms with Crippen molar-refractivity contribution < 1.29 is 34.4 Å². The molecular weight excluding hydrogens is 962 g/mol. The molecule has 208 valence electrons. The highest BCUT2D eigenvalue weighted by atomic mass is 127. The molecule has 2 atom stereocenters. The molecule has 39 heavy (non-hydrogen) atoms. The zero-order valence-corrected chi connectivity index (χ0v) is 28.5. The Kier molecular flexibility index (Phi) is 13.4. The van der Waals surface area contributed by atoms with Crippen molar-refractivity contribution in [3.63, 3.8) is 0 Å². The number of anilines is 1. The number of aliphatic carboxylic acids is 2. The largest absolute Gasteiger partial charge is 0.506 e. The number of carbonyl (C=O) groups is 3. The Labute approximate surface area is 278 Å². The molecule has 14 heteroatoms. The van der Waals surface area contributed by atoms with Crippen molar-refractivity contribution in [3.8, 4) is 17.2 Å². The van der Waals surface area contributed by atoms with E-state index in [0.717, 1.165) is 12.7 Å². The zero-order chi connectivity index (χ0) is 29.4. The van der Waals surface area contributed by atoms with Crippen LogP contribution in [0, 0.1) is 14.3 Å². The van der Waals surface area contributed by atoms with Crippen LogP contribution in [-0.2, 0) is 16.0 Å². The number of benzene rings is 3. The Morgan fingerprint density at radius 1 is 0.821 bits per heavy atom. The number of halogens is 4. The minimum Gasteiger partial charge on any atom is -0.506 e. The van der Waals surface area contributed by atoms with Gasteiger partial charge in [-0.25, -0.2) is 0 Å². The van der Waals surface area contributed by atoms with E-state index in [0.29, 0.717) is 29.9 Å². The number of aromatic hydroxyl groups is 1. The smallest absolute Gasteiger partial charge is 0.320 e. The lowest BCUT2D eigenvalue weighted by molar-refractivity contribution is -0.139. The summed E-state index contributed by atoms with van der Waals surface area (Å²) in [5, 5.41) is 27.3. The summed E-state index contributed by atoms with van der Waals surface area (Å²) in [7, 11) is 0. The number of rotatable bonds is 9. The van der Waals surface area contributed by atoms with Crippen molar-refractivity contribution in [2.24, 2.45) is 11.5 Å². The third kappa shape index (κ3) is 10.1. The van der Waals surface area contributed by atoms with E-state index in [-0.39, 0.29) is 24.4 Å². The number of ether oxygens (including phenoxy) is 1. The van der Waals surface area contributed by atoms with Crippen LogP contribution < -0.4 is 21.9 Å². The van der Waals surface area contributed by atoms with Gasteiger partial charge in [0, 0.05) is 17.7 Å². The summed E-state index contributed by atoms with van der Waals surface area (Å²) in [5.74, 6) is -1.01. The van der Waals surface area contributed by atoms with Gasteiger partial charge in [-0.05, 0) is 139 Å². The van der Waals surface area contributed by atoms with Crippen molar-refractivity contribution in [1.29, 1.82) is 0 Å². The molecule has 10 nitrogen and oxygen atoms in total. The summed E-state index contributed by atoms with van der Waals surface area (Å²) in [6.07, 6.45) is 0.0141. The first kappa shape index (κ1) is 33.7. The molecule has 0 saturated heterocycles. The fraction of sp³-hybridized carbons (Fsp3) is 0.160. The minimum atomic E-state index is -1.20. The van der Waals surface area contributed by atoms with Gasteiger partial charge in [0.05, 0.1) is 14.3 Å². The Bertz CT molecular complexity index is 1340. The van der Waals surface area contributed by atoms with E-state index < -0.39 is 24.0 Å². The Morgan fingerprint density at radius 3 is 1.82 bits per heavy atom. The first-order valence-electron chi connectivity index (χ1n) is 10.9. The molecule has 0 bridgehead atoms. The molecule has 0 unspecified atom stereocenters. The molecule has 0 radical (unpaired) electrons. The van der Waals surface area contributed by atoms with Gasteiger partial charge in [0.2, 0.25) is 0 Å². The maximum absolute atomic E-state index is 11.6. The third-order valence-corrected chi connectivity index (χ3v) is 8.27. The molecule has 0 aromatic heterocycles. The molecule has 0 aliphatic carbocycles. The maximum Gasteiger partial charge on any atom is 0.320 e. The first-order chi connectivity index (χ1) is 18.2. The van der Waals surface area contributed by atoms with Crippen LogP contribution in [0.1, 0.15) is 22.3 Å². The van der Waals surface area contributed by atoms with E-state index in [4.69, 9.17) is 32.2 Å². The summed E-state index contributed by atoms with van der Waals surface area (Å²) < 4.78 is 9.14. The summed E-state index contributed by atoms with van der Waals surface area (Å²) >= 11 is 8.42. The van der Waals surface area contributed by atoms with Gasteiger partial charge < -0.3 is 37.3 Å². The number of phenols is 1. The van der Waals surface area contributed by atoms with E-state index in [2.05, 4.69) is 90.4 Å². The molecular formula is C25H23I4N3O7. The monoisotopic (exact) mass is 985 g/mol. The van der Waals surface area contributed by atoms with Crippen LogP contribution in [0.5, 0.6) is 17.2 Å². The minimum absolute atomic E-state index is 0.242. The number of para-hydroxylation sites is 1. The van der Waals surface area contributed by atoms with Crippen molar-refractivity contribution in [2.75, 3.05) is 5.73 Å². The highest BCUT2D eigenvalue weighted by Crippen LogP contribution is 2.37. The normalized spacial score (nSPS) is 12.1. The van der Waals surface area contributed by atoms with Gasteiger partial charge in [0.25, 0.3) is 0 Å². The van der Waals surface area contributed by atoms with Gasteiger partial charge in [-0.2, -0.15) is 0 Å². The molecule has 0 heterocycles. The number of Topliss-reactive ketones (excluding diaryl/α,β-unsaturated/α-hetero) is 1. The SMILES string of the molecule is N[C@@H](Cc1cc(I)c(Oc2cc(I)c(O)c(I)c2)c(I)c1)C(=O)O.Nc1ccccc1C(=O)C[C@H](N)C(=O)O. The van der Waals surface area contributed by atoms with Gasteiger partial charge >= 0.3 is 11.9 Å². The third-order valence-electron chi connectivity index (χ3n) is 5.02. The van der Waals surface area contributed by atoms with E-state index >= 15 is 0 Å². The van der Waals surface area contributed by atoms with Crippen molar-refractivity contribution in [1.82, 2.24) is 0 Å². The quantitative estimate of drug-likeness (QED) is 0.0984. The van der Waals surface area contributed by atoms with Crippen molar-refractivity contribution in [2.45, 2.75) is 24.9 Å². The van der Waals surface area contributed by atoms with Crippen LogP contribution >= 0.6 is 90.4 Å². The number of hydrogen-bond donors (Lipinski definition) is 6. The predicted octanol–water partition coefficient (Wildman–Crippen LogP) is 4.81. The summed E-state index contributed by atoms with van der Waals surface area (Å²) in [6, 6.07) is 11.6. The zero-order valence-electron chi connectivity index (χ0n) is 19.9. The Balaban J connectivity index is 0.000000306. The fourth-order valence-corrected chi connectivity index (χ4v) is 6.86. The molecule has 3 aromatic carbocycles. The van der Waals surface area contributed by atoms with Crippen LogP contribution in [0.3, 0.4) is 0 Å². The lowest BCUT2D eigenvalue weighted by Gasteiger charge is -2.14. The molecule has 0 spiro atoms. The summed E-state index contributed by atoms with van der Waals surface area (Å²) in [4.78, 5) is 32.9. The average Bonchev–Trinajstić information content (AvgIpc) is 2.85. The standard InChI is InChI=1S/C15H11I4NO4.C10H12N2O3/c16-8-4-7(5-9(17)13(8)21)24-14-10(18)1-6(2-11(14)19)3-12(20)15(22)23;11-7-4-2-1-3-6(7)9(13)5-8(12)10(14)15/h1-2,4-5,12,21H,3,20H2,(H,22,23);1-4,8H,5,11-12H2,(H,14,15)/t12-;8-/m00/s1. The molecule has 3 aromatic rings. The molecule has 0 saturated carbocycles. The highest BCUT2D eigenvalue weighted by Gasteiger charge is 2.19. The number of ketones is 1. The van der Waals surface area contributed by atoms with Crippen LogP contribution in [0.25, 0.3) is 0 Å². The maximum atomic E-state index is 11.6. The number of hydrogen-bond acceptors (Lipinski definition) is 8. The van der Waals surface area contributed by atoms with Crippen LogP contribution in [-0.4, -0.2) is 45.1 Å². The van der Waals surface area contributed by atoms with Gasteiger partial charge in [-0.15, -0.1) is 0 Å². The van der Waals surface area contributed by atoms with E-state index in [1.165, 1.54) is 0 Å². The van der Waals surface area contributed by atoms with E-state index in [1.54, 1.807) is 36.4 Å². The van der Waals surface area contributed by atoms with Crippen molar-refractivity contribution >= 4 is 114 Å². The van der Waals surface area contributed by atoms with E-state index in [1.807, 2.05) is 12.1 Å². The van der Waals surface area contributed by atoms with Gasteiger partial charge in [-0.3, -0.25) is 14.4 Å². The average molecular weight is 985 g/mol. The van der Waals surface area contributed by atoms with Gasteiger partial charge in [-0.1, -0.05) is 12.1 Å². The second kappa shape index (κ2) is 15.5. The summed E-state index contributed by atoms with van der Waals surface area (Å²) in [5.41, 5.74) is 17.9. The molecule has 0 amide bonds. The number of phenolic OH excluding ortho intramolecular Hbond substituents is 1. The van der Waals surface area contributed by atoms with Crippen LogP contribution in [0.15, 0.2) is 48.5 Å². The Morgan fingerprint density at radius 2 is 1.33 bits per heavy atom. The van der Waals surface area contributed by atoms with Gasteiger partial charge in [0.1, 0.15) is 23.6 Å². The van der Waals surface area contributed by atoms with E-state index in [9.17, 15) is 19.5 Å². The Hall–Kier alpha value is -1.49. The van der Waals surface area contributed by atoms with Crippen LogP contribution in [0.4, 0.5) is 5.69 Å². The lowest BCUT2D eigenvalue weighted by atomic mass is 10.0. The lowest BCUT2D eigenvalue weighted by Crippen LogP contribution is -2.32.